The molecule has 0 radical (unpaired) electrons. The van der Waals surface area contributed by atoms with E-state index in [-0.39, 0.29) is 4.91 Å². The number of aliphatic carboxylic acids is 1. The van der Waals surface area contributed by atoms with E-state index in [4.69, 9.17) is 15.2 Å². The number of rotatable bonds is 2. The second-order valence-corrected chi connectivity index (χ2v) is 3.46. The molecule has 0 bridgehead atoms. The van der Waals surface area contributed by atoms with Crippen molar-refractivity contribution in [2.24, 2.45) is 0 Å². The molecule has 1 aliphatic heterocycles. The number of hydrogen-bond donors (Lipinski definition) is 3. The van der Waals surface area contributed by atoms with Crippen LogP contribution in [-0.4, -0.2) is 33.4 Å². The fourth-order valence-electron chi connectivity index (χ4n) is 0.803. The standard InChI is InChI=1S/C5H7BO4S/c7-5(8)3-1-2-4(11-3)6(9)10/h1,4,9-10H,2H2,(H,7,8). The zero-order chi connectivity index (χ0) is 8.43. The van der Waals surface area contributed by atoms with Crippen LogP contribution in [0.4, 0.5) is 0 Å². The van der Waals surface area contributed by atoms with E-state index in [1.807, 2.05) is 0 Å². The molecule has 1 aliphatic rings. The normalized spacial score (nSPS) is 23.1. The Balaban J connectivity index is 2.49. The Kier molecular flexibility index (Phi) is 2.59. The number of carboxylic acid groups (broad SMARTS) is 1. The molecule has 0 aromatic carbocycles. The molecule has 1 atom stereocenters. The lowest BCUT2D eigenvalue weighted by Crippen LogP contribution is -2.26. The average Bonchev–Trinajstić information content (AvgIpc) is 2.33. The molecule has 0 aliphatic carbocycles. The molecule has 0 saturated heterocycles. The van der Waals surface area contributed by atoms with Crippen LogP contribution in [0.25, 0.3) is 0 Å². The average molecular weight is 174 g/mol. The van der Waals surface area contributed by atoms with Gasteiger partial charge in [-0.3, -0.25) is 0 Å². The summed E-state index contributed by atoms with van der Waals surface area (Å²) in [5.74, 6) is -1.00. The maximum atomic E-state index is 10.3. The first kappa shape index (κ1) is 8.64. The fraction of sp³-hybridized carbons (Fsp3) is 0.400. The van der Waals surface area contributed by atoms with E-state index in [9.17, 15) is 4.79 Å². The van der Waals surface area contributed by atoms with E-state index < -0.39 is 18.2 Å². The lowest BCUT2D eigenvalue weighted by Gasteiger charge is -2.04. The molecule has 0 amide bonds. The molecule has 11 heavy (non-hydrogen) atoms. The van der Waals surface area contributed by atoms with Crippen LogP contribution in [-0.2, 0) is 4.79 Å². The molecule has 0 aromatic rings. The molecule has 1 heterocycles. The topological polar surface area (TPSA) is 77.8 Å². The molecule has 0 fully saturated rings. The Hall–Kier alpha value is -0.455. The molecule has 4 nitrogen and oxygen atoms in total. The quantitative estimate of drug-likeness (QED) is 0.490. The summed E-state index contributed by atoms with van der Waals surface area (Å²) in [6.45, 7) is 0. The maximum Gasteiger partial charge on any atom is 0.466 e. The van der Waals surface area contributed by atoms with Gasteiger partial charge in [0.25, 0.3) is 0 Å². The minimum atomic E-state index is -1.44. The van der Waals surface area contributed by atoms with Crippen LogP contribution in [0.15, 0.2) is 11.0 Å². The van der Waals surface area contributed by atoms with Crippen LogP contribution >= 0.6 is 11.8 Å². The monoisotopic (exact) mass is 174 g/mol. The number of carbonyl (C=O) groups is 1. The van der Waals surface area contributed by atoms with Crippen molar-refractivity contribution in [3.63, 3.8) is 0 Å². The third-order valence-corrected chi connectivity index (χ3v) is 2.69. The van der Waals surface area contributed by atoms with Crippen molar-refractivity contribution in [3.05, 3.63) is 11.0 Å². The van der Waals surface area contributed by atoms with Crippen LogP contribution in [0.5, 0.6) is 0 Å². The van der Waals surface area contributed by atoms with Crippen molar-refractivity contribution in [2.45, 2.75) is 11.6 Å². The smallest absolute Gasteiger partial charge is 0.466 e. The third-order valence-electron chi connectivity index (χ3n) is 1.36. The minimum Gasteiger partial charge on any atom is -0.477 e. The zero-order valence-electron chi connectivity index (χ0n) is 5.60. The lowest BCUT2D eigenvalue weighted by atomic mass is 9.84. The van der Waals surface area contributed by atoms with Crippen molar-refractivity contribution in [2.75, 3.05) is 0 Å². The Morgan fingerprint density at radius 2 is 2.36 bits per heavy atom. The number of hydrogen-bond acceptors (Lipinski definition) is 4. The molecular formula is C5H7BO4S. The van der Waals surface area contributed by atoms with Crippen molar-refractivity contribution in [3.8, 4) is 0 Å². The molecule has 1 rings (SSSR count). The van der Waals surface area contributed by atoms with Gasteiger partial charge in [-0.15, -0.1) is 11.8 Å². The summed E-state index contributed by atoms with van der Waals surface area (Å²) < 4.78 is 0. The molecule has 0 saturated carbocycles. The van der Waals surface area contributed by atoms with Gasteiger partial charge in [-0.25, -0.2) is 4.79 Å². The lowest BCUT2D eigenvalue weighted by molar-refractivity contribution is -0.131. The second-order valence-electron chi connectivity index (χ2n) is 2.18. The van der Waals surface area contributed by atoms with Gasteiger partial charge in [-0.1, -0.05) is 6.08 Å². The number of allylic oxidation sites excluding steroid dienone is 1. The Bertz CT molecular complexity index is 203. The molecule has 3 N–H and O–H groups in total. The van der Waals surface area contributed by atoms with Gasteiger partial charge in [0.2, 0.25) is 0 Å². The van der Waals surface area contributed by atoms with Crippen LogP contribution < -0.4 is 0 Å². The molecule has 0 aromatic heterocycles. The molecule has 0 spiro atoms. The largest absolute Gasteiger partial charge is 0.477 e. The van der Waals surface area contributed by atoms with Gasteiger partial charge < -0.3 is 15.2 Å². The summed E-state index contributed by atoms with van der Waals surface area (Å²) in [5.41, 5.74) is 0. The van der Waals surface area contributed by atoms with Gasteiger partial charge in [-0.2, -0.15) is 0 Å². The SMILES string of the molecule is O=C(O)C1=CCC(B(O)O)S1. The van der Waals surface area contributed by atoms with Gasteiger partial charge in [0.05, 0.1) is 4.91 Å². The van der Waals surface area contributed by atoms with E-state index in [0.717, 1.165) is 11.8 Å². The van der Waals surface area contributed by atoms with E-state index in [1.54, 1.807) is 0 Å². The van der Waals surface area contributed by atoms with Crippen molar-refractivity contribution < 1.29 is 19.9 Å². The first-order valence-electron chi connectivity index (χ1n) is 3.07. The highest BCUT2D eigenvalue weighted by atomic mass is 32.2. The second kappa shape index (κ2) is 3.29. The predicted octanol–water partition coefficient (Wildman–Crippen LogP) is -0.528. The van der Waals surface area contributed by atoms with Crippen molar-refractivity contribution in [1.82, 2.24) is 0 Å². The summed E-state index contributed by atoms with van der Waals surface area (Å²) in [6, 6.07) is 0. The van der Waals surface area contributed by atoms with Crippen LogP contribution in [0, 0.1) is 0 Å². The van der Waals surface area contributed by atoms with Crippen molar-refractivity contribution in [1.29, 1.82) is 0 Å². The van der Waals surface area contributed by atoms with E-state index in [0.29, 0.717) is 6.42 Å². The van der Waals surface area contributed by atoms with Crippen LogP contribution in [0.3, 0.4) is 0 Å². The predicted molar refractivity (Wildman–Crippen MR) is 41.9 cm³/mol. The molecular weight excluding hydrogens is 167 g/mol. The first-order chi connectivity index (χ1) is 5.11. The van der Waals surface area contributed by atoms with Crippen LogP contribution in [0.2, 0.25) is 0 Å². The number of carboxylic acids is 1. The summed E-state index contributed by atoms with van der Waals surface area (Å²) in [7, 11) is -1.44. The van der Waals surface area contributed by atoms with Gasteiger partial charge >= 0.3 is 13.1 Å². The fourth-order valence-corrected chi connectivity index (χ4v) is 1.74. The molecule has 60 valence electrons. The van der Waals surface area contributed by atoms with Gasteiger partial charge in [0.15, 0.2) is 0 Å². The first-order valence-corrected chi connectivity index (χ1v) is 3.95. The molecule has 1 unspecified atom stereocenters. The van der Waals surface area contributed by atoms with E-state index >= 15 is 0 Å². The summed E-state index contributed by atoms with van der Waals surface area (Å²) in [6.07, 6.45) is 1.90. The van der Waals surface area contributed by atoms with Crippen molar-refractivity contribution >= 4 is 24.8 Å². The highest BCUT2D eigenvalue weighted by Crippen LogP contribution is 2.32. The van der Waals surface area contributed by atoms with Gasteiger partial charge in [0.1, 0.15) is 0 Å². The highest BCUT2D eigenvalue weighted by Gasteiger charge is 2.30. The van der Waals surface area contributed by atoms with Gasteiger partial charge in [0, 0.05) is 5.15 Å². The number of thioether (sulfide) groups is 1. The van der Waals surface area contributed by atoms with E-state index in [2.05, 4.69) is 0 Å². The minimum absolute atomic E-state index is 0.197. The molecule has 6 heteroatoms. The summed E-state index contributed by atoms with van der Waals surface area (Å²) in [5, 5.41) is 25.4. The summed E-state index contributed by atoms with van der Waals surface area (Å²) in [4.78, 5) is 10.5. The maximum absolute atomic E-state index is 10.3. The summed E-state index contributed by atoms with van der Waals surface area (Å²) >= 11 is 0.988. The zero-order valence-corrected chi connectivity index (χ0v) is 6.41. The Morgan fingerprint density at radius 3 is 2.64 bits per heavy atom. The van der Waals surface area contributed by atoms with E-state index in [1.165, 1.54) is 6.08 Å². The Labute approximate surface area is 68.1 Å². The highest BCUT2D eigenvalue weighted by molar-refractivity contribution is 8.06. The van der Waals surface area contributed by atoms with Gasteiger partial charge in [-0.05, 0) is 6.42 Å². The Morgan fingerprint density at radius 1 is 1.73 bits per heavy atom. The third kappa shape index (κ3) is 1.98. The van der Waals surface area contributed by atoms with Crippen LogP contribution in [0.1, 0.15) is 6.42 Å².